The normalized spacial score (nSPS) is 10.5. The van der Waals surface area contributed by atoms with E-state index in [2.05, 4.69) is 15.5 Å². The van der Waals surface area contributed by atoms with Crippen molar-refractivity contribution in [3.8, 4) is 10.6 Å². The maximum Gasteiger partial charge on any atom is 0.104 e. The quantitative estimate of drug-likeness (QED) is 0.669. The molecule has 62 valence electrons. The van der Waals surface area contributed by atoms with Crippen molar-refractivity contribution in [2.45, 2.75) is 6.92 Å². The van der Waals surface area contributed by atoms with E-state index in [4.69, 9.17) is 0 Å². The fourth-order valence-corrected chi connectivity index (χ4v) is 1.58. The Kier molecular flexibility index (Phi) is 1.69. The number of aryl methyl sites for hydroxylation is 2. The van der Waals surface area contributed by atoms with Gasteiger partial charge in [-0.25, -0.2) is 4.37 Å². The van der Waals surface area contributed by atoms with Crippen LogP contribution in [-0.4, -0.2) is 14.2 Å². The first-order valence-corrected chi connectivity index (χ1v) is 4.46. The fraction of sp³-hybridized carbons (Fsp3) is 0.250. The highest BCUT2D eigenvalue weighted by molar-refractivity contribution is 7.09. The molecule has 0 aliphatic rings. The van der Waals surface area contributed by atoms with Crippen LogP contribution in [0.2, 0.25) is 0 Å². The molecule has 0 radical (unpaired) electrons. The zero-order valence-corrected chi connectivity index (χ0v) is 7.80. The molecule has 0 aliphatic carbocycles. The predicted octanol–water partition coefficient (Wildman–Crippen LogP) is 1.85. The zero-order valence-electron chi connectivity index (χ0n) is 6.98. The fourth-order valence-electron chi connectivity index (χ4n) is 1.03. The minimum Gasteiger partial charge on any atom is -0.272 e. The maximum absolute atomic E-state index is 4.34. The van der Waals surface area contributed by atoms with Crippen LogP contribution in [0.3, 0.4) is 0 Å². The van der Waals surface area contributed by atoms with Crippen LogP contribution in [0.15, 0.2) is 18.3 Å². The summed E-state index contributed by atoms with van der Waals surface area (Å²) in [4.78, 5) is 1.12. The van der Waals surface area contributed by atoms with Gasteiger partial charge in [-0.2, -0.15) is 5.10 Å². The van der Waals surface area contributed by atoms with Gasteiger partial charge in [0.1, 0.15) is 5.69 Å². The molecular weight excluding hydrogens is 170 g/mol. The lowest BCUT2D eigenvalue weighted by molar-refractivity contribution is 0.743. The Morgan fingerprint density at radius 3 is 2.83 bits per heavy atom. The second kappa shape index (κ2) is 2.71. The molecule has 0 unspecified atom stereocenters. The molecule has 0 fully saturated rings. The van der Waals surface area contributed by atoms with Gasteiger partial charge >= 0.3 is 0 Å². The summed E-state index contributed by atoms with van der Waals surface area (Å²) in [5, 5.41) is 4.34. The van der Waals surface area contributed by atoms with E-state index < -0.39 is 0 Å². The van der Waals surface area contributed by atoms with Crippen molar-refractivity contribution in [2.75, 3.05) is 0 Å². The van der Waals surface area contributed by atoms with Crippen LogP contribution >= 0.6 is 11.5 Å². The topological polar surface area (TPSA) is 30.7 Å². The molecule has 0 saturated heterocycles. The van der Waals surface area contributed by atoms with Crippen molar-refractivity contribution in [1.82, 2.24) is 14.2 Å². The summed E-state index contributed by atoms with van der Waals surface area (Å²) in [6.45, 7) is 2.04. The lowest BCUT2D eigenvalue weighted by Gasteiger charge is -1.88. The molecule has 3 nitrogen and oxygen atoms in total. The minimum absolute atomic E-state index is 1.01. The Morgan fingerprint density at radius 2 is 2.33 bits per heavy atom. The molecule has 2 rings (SSSR count). The Hall–Kier alpha value is -1.16. The van der Waals surface area contributed by atoms with Gasteiger partial charge in [-0.1, -0.05) is 0 Å². The van der Waals surface area contributed by atoms with E-state index in [0.29, 0.717) is 0 Å². The van der Waals surface area contributed by atoms with Crippen LogP contribution in [0, 0.1) is 6.92 Å². The molecule has 0 atom stereocenters. The lowest BCUT2D eigenvalue weighted by Crippen LogP contribution is -1.91. The van der Waals surface area contributed by atoms with Gasteiger partial charge in [-0.05, 0) is 30.6 Å². The number of rotatable bonds is 1. The Morgan fingerprint density at radius 1 is 1.50 bits per heavy atom. The molecule has 0 amide bonds. The number of hydrogen-bond acceptors (Lipinski definition) is 3. The van der Waals surface area contributed by atoms with Gasteiger partial charge in [0.25, 0.3) is 0 Å². The van der Waals surface area contributed by atoms with Crippen LogP contribution in [0.4, 0.5) is 0 Å². The monoisotopic (exact) mass is 179 g/mol. The van der Waals surface area contributed by atoms with Gasteiger partial charge in [0.2, 0.25) is 0 Å². The molecule has 12 heavy (non-hydrogen) atoms. The third-order valence-corrected chi connectivity index (χ3v) is 2.57. The van der Waals surface area contributed by atoms with Crippen LogP contribution in [-0.2, 0) is 7.05 Å². The molecule has 0 N–H and O–H groups in total. The smallest absolute Gasteiger partial charge is 0.104 e. The second-order valence-corrected chi connectivity index (χ2v) is 3.50. The van der Waals surface area contributed by atoms with Gasteiger partial charge in [0.05, 0.1) is 4.88 Å². The highest BCUT2D eigenvalue weighted by atomic mass is 32.1. The van der Waals surface area contributed by atoms with Gasteiger partial charge in [0.15, 0.2) is 0 Å². The van der Waals surface area contributed by atoms with Gasteiger partial charge in [0, 0.05) is 18.9 Å². The SMILES string of the molecule is Cc1cc(-c2ccns2)nn1C. The summed E-state index contributed by atoms with van der Waals surface area (Å²) in [5.41, 5.74) is 2.18. The molecular formula is C8H9N3S. The summed E-state index contributed by atoms with van der Waals surface area (Å²) < 4.78 is 5.90. The standard InChI is InChI=1S/C8H9N3S/c1-6-5-7(10-11(6)2)8-3-4-9-12-8/h3-5H,1-2H3. The van der Waals surface area contributed by atoms with E-state index in [9.17, 15) is 0 Å². The van der Waals surface area contributed by atoms with Gasteiger partial charge < -0.3 is 0 Å². The van der Waals surface area contributed by atoms with E-state index in [0.717, 1.165) is 10.6 Å². The van der Waals surface area contributed by atoms with Crippen LogP contribution in [0.25, 0.3) is 10.6 Å². The Bertz CT molecular complexity index is 355. The Balaban J connectivity index is 2.48. The van der Waals surface area contributed by atoms with Crippen molar-refractivity contribution < 1.29 is 0 Å². The number of nitrogens with zero attached hydrogens (tertiary/aromatic N) is 3. The van der Waals surface area contributed by atoms with E-state index >= 15 is 0 Å². The molecule has 0 aliphatic heterocycles. The zero-order chi connectivity index (χ0) is 8.55. The second-order valence-electron chi connectivity index (χ2n) is 2.67. The first kappa shape index (κ1) is 7.49. The summed E-state index contributed by atoms with van der Waals surface area (Å²) >= 11 is 1.47. The van der Waals surface area contributed by atoms with Gasteiger partial charge in [-0.15, -0.1) is 0 Å². The van der Waals surface area contributed by atoms with E-state index in [1.807, 2.05) is 24.7 Å². The molecule has 4 heteroatoms. The maximum atomic E-state index is 4.34. The molecule has 2 heterocycles. The Labute approximate surface area is 74.8 Å². The molecule has 0 aromatic carbocycles. The third kappa shape index (κ3) is 1.14. The van der Waals surface area contributed by atoms with E-state index in [1.54, 1.807) is 6.20 Å². The molecule has 0 spiro atoms. The third-order valence-electron chi connectivity index (χ3n) is 1.80. The van der Waals surface area contributed by atoms with Crippen molar-refractivity contribution >= 4 is 11.5 Å². The number of aromatic nitrogens is 3. The average Bonchev–Trinajstić information content (AvgIpc) is 2.61. The molecule has 0 saturated carbocycles. The summed E-state index contributed by atoms with van der Waals surface area (Å²) in [6, 6.07) is 4.04. The minimum atomic E-state index is 1.01. The first-order valence-electron chi connectivity index (χ1n) is 3.69. The van der Waals surface area contributed by atoms with Crippen LogP contribution < -0.4 is 0 Å². The summed E-state index contributed by atoms with van der Waals surface area (Å²) in [5.74, 6) is 0. The highest BCUT2D eigenvalue weighted by Gasteiger charge is 2.04. The molecule has 2 aromatic rings. The highest BCUT2D eigenvalue weighted by Crippen LogP contribution is 2.21. The van der Waals surface area contributed by atoms with Crippen molar-refractivity contribution in [3.63, 3.8) is 0 Å². The van der Waals surface area contributed by atoms with Crippen molar-refractivity contribution in [2.24, 2.45) is 7.05 Å². The van der Waals surface area contributed by atoms with E-state index in [1.165, 1.54) is 17.2 Å². The molecule has 2 aromatic heterocycles. The average molecular weight is 179 g/mol. The lowest BCUT2D eigenvalue weighted by atomic mass is 10.3. The van der Waals surface area contributed by atoms with Crippen molar-refractivity contribution in [1.29, 1.82) is 0 Å². The van der Waals surface area contributed by atoms with E-state index in [-0.39, 0.29) is 0 Å². The van der Waals surface area contributed by atoms with Crippen LogP contribution in [0.1, 0.15) is 5.69 Å². The van der Waals surface area contributed by atoms with Crippen LogP contribution in [0.5, 0.6) is 0 Å². The predicted molar refractivity (Wildman–Crippen MR) is 49.1 cm³/mol. The summed E-state index contributed by atoms with van der Waals surface area (Å²) in [7, 11) is 1.94. The number of hydrogen-bond donors (Lipinski definition) is 0. The largest absolute Gasteiger partial charge is 0.272 e. The molecule has 0 bridgehead atoms. The first-order chi connectivity index (χ1) is 5.77. The summed E-state index contributed by atoms with van der Waals surface area (Å²) in [6.07, 6.45) is 1.80. The van der Waals surface area contributed by atoms with Crippen molar-refractivity contribution in [3.05, 3.63) is 24.0 Å². The van der Waals surface area contributed by atoms with Gasteiger partial charge in [-0.3, -0.25) is 4.68 Å².